The first kappa shape index (κ1) is 21.7. The second-order valence-electron chi connectivity index (χ2n) is 6.54. The summed E-state index contributed by atoms with van der Waals surface area (Å²) >= 11 is 0. The maximum Gasteiger partial charge on any atom is 0.303 e. The number of rotatable bonds is 9. The minimum absolute atomic E-state index is 0.224. The van der Waals surface area contributed by atoms with Crippen molar-refractivity contribution in [3.05, 3.63) is 77.9 Å². The molecule has 0 aliphatic heterocycles. The summed E-state index contributed by atoms with van der Waals surface area (Å²) < 4.78 is 10.6. The lowest BCUT2D eigenvalue weighted by Crippen LogP contribution is -2.49. The van der Waals surface area contributed by atoms with Crippen molar-refractivity contribution in [1.29, 1.82) is 0 Å². The molecular weight excluding hydrogens is 400 g/mol. The number of nitrogens with one attached hydrogen (secondary N) is 1. The number of pyridine rings is 3. The van der Waals surface area contributed by atoms with Crippen molar-refractivity contribution in [3.8, 4) is 11.8 Å². The third-order valence-electron chi connectivity index (χ3n) is 4.58. The maximum atomic E-state index is 12.9. The number of carboxylic acids is 1. The highest BCUT2D eigenvalue weighted by Crippen LogP contribution is 2.35. The number of carbonyl (C=O) groups excluding carboxylic acids is 1. The van der Waals surface area contributed by atoms with Crippen LogP contribution in [-0.2, 0) is 15.1 Å². The van der Waals surface area contributed by atoms with Crippen LogP contribution >= 0.6 is 0 Å². The van der Waals surface area contributed by atoms with E-state index >= 15 is 0 Å². The second-order valence-corrected chi connectivity index (χ2v) is 6.54. The SMILES string of the molecule is COc1cccc(C(NC(=O)CCC(=O)O)(c2ccccn2)c2cccc(OC)n2)n1. The molecule has 9 heteroatoms. The van der Waals surface area contributed by atoms with E-state index in [9.17, 15) is 9.59 Å². The summed E-state index contributed by atoms with van der Waals surface area (Å²) in [7, 11) is 2.98. The molecule has 0 radical (unpaired) electrons. The van der Waals surface area contributed by atoms with E-state index in [4.69, 9.17) is 14.6 Å². The smallest absolute Gasteiger partial charge is 0.303 e. The van der Waals surface area contributed by atoms with Gasteiger partial charge in [0.25, 0.3) is 0 Å². The van der Waals surface area contributed by atoms with E-state index in [1.165, 1.54) is 14.2 Å². The van der Waals surface area contributed by atoms with Crippen LogP contribution in [0.4, 0.5) is 0 Å². The van der Waals surface area contributed by atoms with Crippen LogP contribution in [-0.4, -0.2) is 46.2 Å². The van der Waals surface area contributed by atoms with Crippen molar-refractivity contribution in [1.82, 2.24) is 20.3 Å². The molecule has 0 aliphatic carbocycles. The highest BCUT2D eigenvalue weighted by Gasteiger charge is 2.42. The molecule has 0 aromatic carbocycles. The first-order chi connectivity index (χ1) is 15.0. The normalized spacial score (nSPS) is 10.9. The zero-order valence-electron chi connectivity index (χ0n) is 17.1. The topological polar surface area (TPSA) is 124 Å². The number of carboxylic acid groups (broad SMARTS) is 1. The fourth-order valence-electron chi connectivity index (χ4n) is 3.14. The zero-order valence-corrected chi connectivity index (χ0v) is 17.1. The Hall–Kier alpha value is -4.01. The average molecular weight is 422 g/mol. The number of aliphatic carboxylic acids is 1. The fraction of sp³-hybridized carbons (Fsp3) is 0.227. The van der Waals surface area contributed by atoms with Gasteiger partial charge in [0.2, 0.25) is 17.7 Å². The van der Waals surface area contributed by atoms with Crippen LogP contribution in [0.25, 0.3) is 0 Å². The lowest BCUT2D eigenvalue weighted by Gasteiger charge is -2.33. The van der Waals surface area contributed by atoms with Gasteiger partial charge in [0, 0.05) is 24.8 Å². The first-order valence-corrected chi connectivity index (χ1v) is 9.47. The quantitative estimate of drug-likeness (QED) is 0.538. The molecule has 9 nitrogen and oxygen atoms in total. The number of carbonyl (C=O) groups is 2. The van der Waals surface area contributed by atoms with Crippen LogP contribution in [0.3, 0.4) is 0 Å². The van der Waals surface area contributed by atoms with Gasteiger partial charge in [-0.15, -0.1) is 0 Å². The van der Waals surface area contributed by atoms with Gasteiger partial charge in [-0.1, -0.05) is 18.2 Å². The van der Waals surface area contributed by atoms with Gasteiger partial charge in [0.05, 0.1) is 37.7 Å². The molecule has 0 spiro atoms. The molecule has 31 heavy (non-hydrogen) atoms. The van der Waals surface area contributed by atoms with Gasteiger partial charge in [0.15, 0.2) is 5.54 Å². The molecule has 1 amide bonds. The zero-order chi connectivity index (χ0) is 22.3. The number of methoxy groups -OCH3 is 2. The van der Waals surface area contributed by atoms with Crippen LogP contribution in [0, 0.1) is 0 Å². The Morgan fingerprint density at radius 3 is 1.94 bits per heavy atom. The monoisotopic (exact) mass is 422 g/mol. The van der Waals surface area contributed by atoms with Crippen LogP contribution in [0.2, 0.25) is 0 Å². The molecule has 3 aromatic heterocycles. The van der Waals surface area contributed by atoms with Gasteiger partial charge in [-0.2, -0.15) is 0 Å². The van der Waals surface area contributed by atoms with Crippen LogP contribution in [0.5, 0.6) is 11.8 Å². The average Bonchev–Trinajstić information content (AvgIpc) is 2.81. The summed E-state index contributed by atoms with van der Waals surface area (Å²) in [6.07, 6.45) is 1.05. The number of nitrogens with zero attached hydrogens (tertiary/aromatic N) is 3. The molecule has 0 bridgehead atoms. The summed E-state index contributed by atoms with van der Waals surface area (Å²) in [5.74, 6) is -0.902. The minimum atomic E-state index is -1.42. The third kappa shape index (κ3) is 4.77. The molecule has 0 fully saturated rings. The van der Waals surface area contributed by atoms with E-state index in [1.54, 1.807) is 60.8 Å². The van der Waals surface area contributed by atoms with Crippen molar-refractivity contribution >= 4 is 11.9 Å². The van der Waals surface area contributed by atoms with E-state index in [0.717, 1.165) is 0 Å². The molecule has 3 heterocycles. The van der Waals surface area contributed by atoms with Crippen molar-refractivity contribution in [3.63, 3.8) is 0 Å². The van der Waals surface area contributed by atoms with Gasteiger partial charge in [-0.05, 0) is 24.3 Å². The van der Waals surface area contributed by atoms with E-state index in [-0.39, 0.29) is 12.8 Å². The Morgan fingerprint density at radius 1 is 0.871 bits per heavy atom. The van der Waals surface area contributed by atoms with Crippen molar-refractivity contribution in [2.24, 2.45) is 0 Å². The van der Waals surface area contributed by atoms with Crippen LogP contribution < -0.4 is 14.8 Å². The summed E-state index contributed by atoms with van der Waals surface area (Å²) in [5, 5.41) is 11.9. The highest BCUT2D eigenvalue weighted by molar-refractivity contribution is 5.82. The fourth-order valence-corrected chi connectivity index (χ4v) is 3.14. The minimum Gasteiger partial charge on any atom is -0.481 e. The predicted octanol–water partition coefficient (Wildman–Crippen LogP) is 2.16. The first-order valence-electron chi connectivity index (χ1n) is 9.47. The molecule has 2 N–H and O–H groups in total. The van der Waals surface area contributed by atoms with Gasteiger partial charge in [0.1, 0.15) is 0 Å². The van der Waals surface area contributed by atoms with E-state index in [0.29, 0.717) is 28.8 Å². The van der Waals surface area contributed by atoms with Gasteiger partial charge in [-0.3, -0.25) is 14.6 Å². The molecular formula is C22H22N4O5. The maximum absolute atomic E-state index is 12.9. The number of hydrogen-bond acceptors (Lipinski definition) is 7. The van der Waals surface area contributed by atoms with Crippen molar-refractivity contribution < 1.29 is 24.2 Å². The lowest BCUT2D eigenvalue weighted by molar-refractivity contribution is -0.139. The summed E-state index contributed by atoms with van der Waals surface area (Å²) in [6.45, 7) is 0. The molecule has 0 atom stereocenters. The van der Waals surface area contributed by atoms with Crippen LogP contribution in [0.1, 0.15) is 29.9 Å². The standard InChI is InChI=1S/C22H22N4O5/c1-30-19-10-5-8-16(24-19)22(15-7-3-4-14-23-15,26-18(27)12-13-21(28)29)17-9-6-11-20(25-17)31-2/h3-11,14H,12-13H2,1-2H3,(H,26,27)(H,28,29). The second kappa shape index (κ2) is 9.66. The summed E-state index contributed by atoms with van der Waals surface area (Å²) in [4.78, 5) is 37.4. The van der Waals surface area contributed by atoms with Gasteiger partial charge in [-0.25, -0.2) is 9.97 Å². The van der Waals surface area contributed by atoms with E-state index < -0.39 is 17.4 Å². The predicted molar refractivity (Wildman–Crippen MR) is 111 cm³/mol. The van der Waals surface area contributed by atoms with E-state index in [1.807, 2.05) is 0 Å². The Kier molecular flexibility index (Phi) is 6.76. The van der Waals surface area contributed by atoms with Crippen molar-refractivity contribution in [2.75, 3.05) is 14.2 Å². The highest BCUT2D eigenvalue weighted by atomic mass is 16.5. The Labute approximate surface area is 179 Å². The molecule has 0 saturated heterocycles. The third-order valence-corrected chi connectivity index (χ3v) is 4.58. The largest absolute Gasteiger partial charge is 0.481 e. The Balaban J connectivity index is 2.26. The molecule has 3 aromatic rings. The number of amides is 1. The molecule has 0 aliphatic rings. The number of aromatic nitrogens is 3. The van der Waals surface area contributed by atoms with Gasteiger partial charge >= 0.3 is 5.97 Å². The number of hydrogen-bond donors (Lipinski definition) is 2. The lowest BCUT2D eigenvalue weighted by atomic mass is 9.85. The molecule has 0 unspecified atom stereocenters. The summed E-state index contributed by atoms with van der Waals surface area (Å²) in [5.41, 5.74) is -0.176. The Morgan fingerprint density at radius 2 is 1.45 bits per heavy atom. The summed E-state index contributed by atoms with van der Waals surface area (Å²) in [6, 6.07) is 15.5. The number of ether oxygens (including phenoxy) is 2. The molecule has 3 rings (SSSR count). The Bertz CT molecular complexity index is 1010. The van der Waals surface area contributed by atoms with Crippen molar-refractivity contribution in [2.45, 2.75) is 18.4 Å². The van der Waals surface area contributed by atoms with E-state index in [2.05, 4.69) is 20.3 Å². The molecule has 160 valence electrons. The van der Waals surface area contributed by atoms with Gasteiger partial charge < -0.3 is 19.9 Å². The molecule has 0 saturated carbocycles. The van der Waals surface area contributed by atoms with Crippen LogP contribution in [0.15, 0.2) is 60.8 Å².